The SMILES string of the molecule is O=C(COc1ccccc1)N1CCC(Oc2ncc(Br)cn2)CC1. The van der Waals surface area contributed by atoms with Crippen LogP contribution in [0.3, 0.4) is 0 Å². The molecular weight excluding hydrogens is 374 g/mol. The predicted octanol–water partition coefficient (Wildman–Crippen LogP) is 2.69. The third-order valence-corrected chi connectivity index (χ3v) is 4.18. The lowest BCUT2D eigenvalue weighted by molar-refractivity contribution is -0.135. The first kappa shape index (κ1) is 16.7. The van der Waals surface area contributed by atoms with Crippen LogP contribution in [0.25, 0.3) is 0 Å². The van der Waals surface area contributed by atoms with Gasteiger partial charge in [0.1, 0.15) is 11.9 Å². The monoisotopic (exact) mass is 391 g/mol. The number of benzene rings is 1. The molecule has 0 atom stereocenters. The molecule has 1 amide bonds. The Labute approximate surface area is 148 Å². The molecule has 0 N–H and O–H groups in total. The molecule has 0 unspecified atom stereocenters. The zero-order valence-corrected chi connectivity index (χ0v) is 14.7. The van der Waals surface area contributed by atoms with E-state index in [2.05, 4.69) is 25.9 Å². The molecule has 1 aromatic heterocycles. The van der Waals surface area contributed by atoms with Gasteiger partial charge < -0.3 is 14.4 Å². The fraction of sp³-hybridized carbons (Fsp3) is 0.353. The lowest BCUT2D eigenvalue weighted by atomic mass is 10.1. The van der Waals surface area contributed by atoms with E-state index in [1.807, 2.05) is 35.2 Å². The van der Waals surface area contributed by atoms with Crippen LogP contribution in [0.4, 0.5) is 0 Å². The van der Waals surface area contributed by atoms with E-state index in [4.69, 9.17) is 9.47 Å². The van der Waals surface area contributed by atoms with Crippen molar-refractivity contribution >= 4 is 21.8 Å². The van der Waals surface area contributed by atoms with Gasteiger partial charge in [0.05, 0.1) is 4.47 Å². The van der Waals surface area contributed by atoms with Gasteiger partial charge in [-0.25, -0.2) is 9.97 Å². The van der Waals surface area contributed by atoms with E-state index in [1.54, 1.807) is 12.4 Å². The van der Waals surface area contributed by atoms with Crippen LogP contribution in [-0.2, 0) is 4.79 Å². The summed E-state index contributed by atoms with van der Waals surface area (Å²) in [5.41, 5.74) is 0. The van der Waals surface area contributed by atoms with Crippen LogP contribution in [-0.4, -0.2) is 46.6 Å². The number of carbonyl (C=O) groups is 1. The average Bonchev–Trinajstić information content (AvgIpc) is 2.63. The maximum absolute atomic E-state index is 12.2. The number of nitrogens with zero attached hydrogens (tertiary/aromatic N) is 3. The van der Waals surface area contributed by atoms with E-state index in [0.717, 1.165) is 17.3 Å². The van der Waals surface area contributed by atoms with Crippen molar-refractivity contribution in [2.24, 2.45) is 0 Å². The van der Waals surface area contributed by atoms with Crippen molar-refractivity contribution in [2.75, 3.05) is 19.7 Å². The van der Waals surface area contributed by atoms with Gasteiger partial charge in [0.2, 0.25) is 0 Å². The number of para-hydroxylation sites is 1. The molecule has 1 aliphatic heterocycles. The number of amides is 1. The molecule has 0 spiro atoms. The van der Waals surface area contributed by atoms with Crippen LogP contribution in [0.15, 0.2) is 47.2 Å². The highest BCUT2D eigenvalue weighted by molar-refractivity contribution is 9.10. The molecule has 24 heavy (non-hydrogen) atoms. The fourth-order valence-corrected chi connectivity index (χ4v) is 2.69. The first-order valence-electron chi connectivity index (χ1n) is 7.80. The third kappa shape index (κ3) is 4.67. The summed E-state index contributed by atoms with van der Waals surface area (Å²) in [5, 5.41) is 0. The normalized spacial score (nSPS) is 15.1. The van der Waals surface area contributed by atoms with Crippen molar-refractivity contribution in [3.05, 3.63) is 47.2 Å². The summed E-state index contributed by atoms with van der Waals surface area (Å²) in [7, 11) is 0. The van der Waals surface area contributed by atoms with Crippen LogP contribution in [0.5, 0.6) is 11.8 Å². The molecule has 0 saturated carbocycles. The minimum absolute atomic E-state index is 0.00260. The van der Waals surface area contributed by atoms with Gasteiger partial charge in [0.25, 0.3) is 5.91 Å². The molecular formula is C17H18BrN3O3. The highest BCUT2D eigenvalue weighted by atomic mass is 79.9. The van der Waals surface area contributed by atoms with Gasteiger partial charge in [0, 0.05) is 38.3 Å². The molecule has 7 heteroatoms. The van der Waals surface area contributed by atoms with Gasteiger partial charge in [-0.3, -0.25) is 4.79 Å². The molecule has 0 aliphatic carbocycles. The second kappa shape index (κ2) is 8.10. The molecule has 126 valence electrons. The largest absolute Gasteiger partial charge is 0.484 e. The molecule has 3 rings (SSSR count). The second-order valence-electron chi connectivity index (χ2n) is 5.48. The lowest BCUT2D eigenvalue weighted by Gasteiger charge is -2.31. The predicted molar refractivity (Wildman–Crippen MR) is 91.9 cm³/mol. The maximum atomic E-state index is 12.2. The van der Waals surface area contributed by atoms with E-state index in [1.165, 1.54) is 0 Å². The second-order valence-corrected chi connectivity index (χ2v) is 6.40. The molecule has 2 aromatic rings. The highest BCUT2D eigenvalue weighted by Crippen LogP contribution is 2.17. The fourth-order valence-electron chi connectivity index (χ4n) is 2.49. The van der Waals surface area contributed by atoms with E-state index >= 15 is 0 Å². The molecule has 1 saturated heterocycles. The number of carbonyl (C=O) groups excluding carboxylic acids is 1. The molecule has 1 aromatic carbocycles. The summed E-state index contributed by atoms with van der Waals surface area (Å²) < 4.78 is 12.1. The Morgan fingerprint density at radius 1 is 1.17 bits per heavy atom. The summed E-state index contributed by atoms with van der Waals surface area (Å²) in [6.45, 7) is 1.36. The zero-order valence-electron chi connectivity index (χ0n) is 13.1. The van der Waals surface area contributed by atoms with Gasteiger partial charge in [-0.1, -0.05) is 18.2 Å². The van der Waals surface area contributed by atoms with Crippen molar-refractivity contribution in [3.8, 4) is 11.8 Å². The molecule has 6 nitrogen and oxygen atoms in total. The summed E-state index contributed by atoms with van der Waals surface area (Å²) in [5.74, 6) is 0.702. The quantitative estimate of drug-likeness (QED) is 0.783. The van der Waals surface area contributed by atoms with Crippen molar-refractivity contribution in [2.45, 2.75) is 18.9 Å². The first-order chi connectivity index (χ1) is 11.7. The standard InChI is InChI=1S/C17H18BrN3O3/c18-13-10-19-17(20-11-13)24-15-6-8-21(9-7-15)16(22)12-23-14-4-2-1-3-5-14/h1-5,10-11,15H,6-9,12H2. The number of rotatable bonds is 5. The number of likely N-dealkylation sites (tertiary alicyclic amines) is 1. The van der Waals surface area contributed by atoms with Crippen LogP contribution in [0.1, 0.15) is 12.8 Å². The van der Waals surface area contributed by atoms with E-state index in [-0.39, 0.29) is 18.6 Å². The number of hydrogen-bond donors (Lipinski definition) is 0. The van der Waals surface area contributed by atoms with E-state index < -0.39 is 0 Å². The number of ether oxygens (including phenoxy) is 2. The van der Waals surface area contributed by atoms with Gasteiger partial charge in [-0.05, 0) is 28.1 Å². The highest BCUT2D eigenvalue weighted by Gasteiger charge is 2.24. The van der Waals surface area contributed by atoms with Crippen LogP contribution >= 0.6 is 15.9 Å². The Kier molecular flexibility index (Phi) is 5.63. The summed E-state index contributed by atoms with van der Waals surface area (Å²) in [6.07, 6.45) is 4.86. The first-order valence-corrected chi connectivity index (χ1v) is 8.60. The lowest BCUT2D eigenvalue weighted by Crippen LogP contribution is -2.43. The van der Waals surface area contributed by atoms with Crippen molar-refractivity contribution in [1.29, 1.82) is 0 Å². The van der Waals surface area contributed by atoms with Crippen molar-refractivity contribution in [1.82, 2.24) is 14.9 Å². The number of halogens is 1. The van der Waals surface area contributed by atoms with E-state index in [9.17, 15) is 4.79 Å². The van der Waals surface area contributed by atoms with Gasteiger partial charge in [-0.15, -0.1) is 0 Å². The third-order valence-electron chi connectivity index (χ3n) is 3.77. The molecule has 0 radical (unpaired) electrons. The van der Waals surface area contributed by atoms with E-state index in [0.29, 0.717) is 24.8 Å². The minimum atomic E-state index is -0.00260. The Hall–Kier alpha value is -2.15. The summed E-state index contributed by atoms with van der Waals surface area (Å²) in [6, 6.07) is 9.72. The van der Waals surface area contributed by atoms with Crippen molar-refractivity contribution < 1.29 is 14.3 Å². The Morgan fingerprint density at radius 3 is 2.50 bits per heavy atom. The topological polar surface area (TPSA) is 64.5 Å². The zero-order chi connectivity index (χ0) is 16.8. The van der Waals surface area contributed by atoms with Crippen molar-refractivity contribution in [3.63, 3.8) is 0 Å². The number of aromatic nitrogens is 2. The Balaban J connectivity index is 1.42. The van der Waals surface area contributed by atoms with Gasteiger partial charge in [0.15, 0.2) is 6.61 Å². The number of hydrogen-bond acceptors (Lipinski definition) is 5. The van der Waals surface area contributed by atoms with Crippen LogP contribution in [0, 0.1) is 0 Å². The average molecular weight is 392 g/mol. The van der Waals surface area contributed by atoms with Gasteiger partial charge >= 0.3 is 6.01 Å². The summed E-state index contributed by atoms with van der Waals surface area (Å²) >= 11 is 3.29. The Morgan fingerprint density at radius 2 is 1.83 bits per heavy atom. The molecule has 1 fully saturated rings. The molecule has 0 bridgehead atoms. The van der Waals surface area contributed by atoms with Crippen LogP contribution < -0.4 is 9.47 Å². The maximum Gasteiger partial charge on any atom is 0.316 e. The van der Waals surface area contributed by atoms with Gasteiger partial charge in [-0.2, -0.15) is 0 Å². The summed E-state index contributed by atoms with van der Waals surface area (Å²) in [4.78, 5) is 22.2. The molecule has 1 aliphatic rings. The van der Waals surface area contributed by atoms with Crippen LogP contribution in [0.2, 0.25) is 0 Å². The molecule has 2 heterocycles. The number of piperidine rings is 1. The Bertz CT molecular complexity index is 659. The minimum Gasteiger partial charge on any atom is -0.484 e. The smallest absolute Gasteiger partial charge is 0.316 e.